The van der Waals surface area contributed by atoms with Gasteiger partial charge in [-0.15, -0.1) is 0 Å². The van der Waals surface area contributed by atoms with Crippen LogP contribution in [0.1, 0.15) is 35.2 Å². The fourth-order valence-corrected chi connectivity index (χ4v) is 7.60. The van der Waals surface area contributed by atoms with Crippen LogP contribution in [0, 0.1) is 6.92 Å². The molecule has 182 valence electrons. The standard InChI is InChI=1S/C30H30N4S2/c1-19(2)18-34-28-24-9-5-4-8-22(24)17-26(28)36-30(34)32-23-13-11-21(12-14-23)15-16-31-29-33-27-20(3)7-6-10-25(27)35-29/h4-14,26,28H,1,15-18H2,2-3H3,(H,31,33)/b32-30-/t26?,28-/m0/s1. The molecule has 4 nitrogen and oxygen atoms in total. The Morgan fingerprint density at radius 1 is 1.11 bits per heavy atom. The lowest BCUT2D eigenvalue weighted by Gasteiger charge is -2.26. The minimum atomic E-state index is 0.387. The summed E-state index contributed by atoms with van der Waals surface area (Å²) in [5.41, 5.74) is 8.73. The molecule has 1 aromatic heterocycles. The molecule has 0 bridgehead atoms. The molecule has 1 N–H and O–H groups in total. The van der Waals surface area contributed by atoms with E-state index in [4.69, 9.17) is 9.98 Å². The fraction of sp³-hybridized carbons (Fsp3) is 0.267. The molecule has 3 aromatic carbocycles. The van der Waals surface area contributed by atoms with Crippen LogP contribution in [0.25, 0.3) is 10.2 Å². The normalized spacial score (nSPS) is 19.6. The van der Waals surface area contributed by atoms with Gasteiger partial charge in [0.25, 0.3) is 0 Å². The number of nitrogens with zero attached hydrogens (tertiary/aromatic N) is 3. The second-order valence-electron chi connectivity index (χ2n) is 9.77. The highest BCUT2D eigenvalue weighted by Gasteiger charge is 2.44. The van der Waals surface area contributed by atoms with E-state index in [1.165, 1.54) is 32.5 Å². The van der Waals surface area contributed by atoms with Crippen molar-refractivity contribution in [2.75, 3.05) is 18.4 Å². The molecule has 1 fully saturated rings. The molecule has 36 heavy (non-hydrogen) atoms. The van der Waals surface area contributed by atoms with Gasteiger partial charge in [-0.1, -0.05) is 83.8 Å². The predicted molar refractivity (Wildman–Crippen MR) is 156 cm³/mol. The van der Waals surface area contributed by atoms with Gasteiger partial charge in [0.2, 0.25) is 0 Å². The van der Waals surface area contributed by atoms with Crippen LogP contribution in [0.15, 0.2) is 83.9 Å². The number of benzene rings is 3. The number of rotatable bonds is 7. The number of para-hydroxylation sites is 1. The molecule has 4 aromatic rings. The maximum Gasteiger partial charge on any atom is 0.183 e. The van der Waals surface area contributed by atoms with E-state index in [0.717, 1.165) is 47.4 Å². The summed E-state index contributed by atoms with van der Waals surface area (Å²) in [4.78, 5) is 12.3. The third-order valence-electron chi connectivity index (χ3n) is 6.90. The number of aryl methyl sites for hydroxylation is 1. The van der Waals surface area contributed by atoms with Gasteiger partial charge in [0.05, 0.1) is 21.9 Å². The van der Waals surface area contributed by atoms with Crippen molar-refractivity contribution >= 4 is 49.3 Å². The van der Waals surface area contributed by atoms with E-state index >= 15 is 0 Å². The molecule has 0 saturated carbocycles. The summed E-state index contributed by atoms with van der Waals surface area (Å²) in [5.74, 6) is 0. The van der Waals surface area contributed by atoms with Gasteiger partial charge in [0.15, 0.2) is 10.3 Å². The summed E-state index contributed by atoms with van der Waals surface area (Å²) in [6.07, 6.45) is 2.06. The Morgan fingerprint density at radius 2 is 1.94 bits per heavy atom. The van der Waals surface area contributed by atoms with Crippen molar-refractivity contribution in [2.45, 2.75) is 38.0 Å². The third-order valence-corrected chi connectivity index (χ3v) is 9.14. The molecule has 0 amide bonds. The average molecular weight is 511 g/mol. The van der Waals surface area contributed by atoms with Gasteiger partial charge in [0.1, 0.15) is 0 Å². The number of fused-ring (bicyclic) bond motifs is 4. The van der Waals surface area contributed by atoms with Crippen LogP contribution in [-0.4, -0.2) is 33.4 Å². The Balaban J connectivity index is 1.13. The fourth-order valence-electron chi connectivity index (χ4n) is 5.20. The molecule has 1 aliphatic heterocycles. The van der Waals surface area contributed by atoms with Crippen molar-refractivity contribution in [1.29, 1.82) is 0 Å². The molecule has 0 radical (unpaired) electrons. The second kappa shape index (κ2) is 9.75. The van der Waals surface area contributed by atoms with Crippen LogP contribution in [0.5, 0.6) is 0 Å². The largest absolute Gasteiger partial charge is 0.361 e. The van der Waals surface area contributed by atoms with Gasteiger partial charge < -0.3 is 10.2 Å². The first-order chi connectivity index (χ1) is 17.5. The summed E-state index contributed by atoms with van der Waals surface area (Å²) in [5, 5.41) is 6.13. The highest BCUT2D eigenvalue weighted by molar-refractivity contribution is 8.14. The van der Waals surface area contributed by atoms with Crippen molar-refractivity contribution in [3.05, 3.63) is 101 Å². The van der Waals surface area contributed by atoms with Crippen LogP contribution < -0.4 is 5.32 Å². The number of hydrogen-bond acceptors (Lipinski definition) is 5. The first-order valence-corrected chi connectivity index (χ1v) is 14.2. The van der Waals surface area contributed by atoms with Gasteiger partial charge in [0, 0.05) is 18.3 Å². The van der Waals surface area contributed by atoms with Crippen molar-refractivity contribution in [1.82, 2.24) is 9.88 Å². The molecular formula is C30H30N4S2. The molecule has 2 atom stereocenters. The van der Waals surface area contributed by atoms with Crippen LogP contribution >= 0.6 is 23.1 Å². The predicted octanol–water partition coefficient (Wildman–Crippen LogP) is 7.54. The summed E-state index contributed by atoms with van der Waals surface area (Å²) in [7, 11) is 0. The van der Waals surface area contributed by atoms with Crippen LogP contribution in [-0.2, 0) is 12.8 Å². The van der Waals surface area contributed by atoms with Gasteiger partial charge in [-0.25, -0.2) is 9.98 Å². The molecular weight excluding hydrogens is 480 g/mol. The minimum Gasteiger partial charge on any atom is -0.361 e. The summed E-state index contributed by atoms with van der Waals surface area (Å²) >= 11 is 3.64. The third kappa shape index (κ3) is 4.56. The van der Waals surface area contributed by atoms with E-state index in [2.05, 4.69) is 97.4 Å². The first kappa shape index (κ1) is 23.3. The van der Waals surface area contributed by atoms with Crippen molar-refractivity contribution in [3.8, 4) is 0 Å². The zero-order valence-electron chi connectivity index (χ0n) is 20.7. The summed E-state index contributed by atoms with van der Waals surface area (Å²) in [6.45, 7) is 10.1. The quantitative estimate of drug-likeness (QED) is 0.261. The number of anilines is 1. The zero-order valence-corrected chi connectivity index (χ0v) is 22.3. The summed E-state index contributed by atoms with van der Waals surface area (Å²) in [6, 6.07) is 24.3. The van der Waals surface area contributed by atoms with Gasteiger partial charge in [-0.2, -0.15) is 0 Å². The van der Waals surface area contributed by atoms with Crippen LogP contribution in [0.2, 0.25) is 0 Å². The average Bonchev–Trinajstić information content (AvgIpc) is 3.53. The molecule has 0 spiro atoms. The van der Waals surface area contributed by atoms with Crippen LogP contribution in [0.3, 0.4) is 0 Å². The summed E-state index contributed by atoms with van der Waals surface area (Å²) < 4.78 is 1.24. The Kier molecular flexibility index (Phi) is 6.32. The molecule has 1 unspecified atom stereocenters. The Labute approximate surface area is 221 Å². The van der Waals surface area contributed by atoms with E-state index in [0.29, 0.717) is 11.3 Å². The molecule has 6 heteroatoms. The smallest absolute Gasteiger partial charge is 0.183 e. The Bertz CT molecular complexity index is 1450. The molecule has 6 rings (SSSR count). The minimum absolute atomic E-state index is 0.387. The van der Waals surface area contributed by atoms with Gasteiger partial charge in [-0.05, 0) is 67.1 Å². The first-order valence-electron chi connectivity index (χ1n) is 12.5. The molecule has 1 saturated heterocycles. The molecule has 1 aliphatic carbocycles. The number of aromatic nitrogens is 1. The van der Waals surface area contributed by atoms with E-state index in [-0.39, 0.29) is 0 Å². The maximum atomic E-state index is 5.09. The van der Waals surface area contributed by atoms with E-state index < -0.39 is 0 Å². The number of thiazole rings is 1. The zero-order chi connectivity index (χ0) is 24.6. The lowest BCUT2D eigenvalue weighted by atomic mass is 10.1. The monoisotopic (exact) mass is 510 g/mol. The maximum absolute atomic E-state index is 5.09. The highest BCUT2D eigenvalue weighted by atomic mass is 32.2. The second-order valence-corrected chi connectivity index (χ2v) is 12.0. The Hall–Kier alpha value is -3.09. The van der Waals surface area contributed by atoms with Gasteiger partial charge in [-0.3, -0.25) is 0 Å². The lowest BCUT2D eigenvalue weighted by Crippen LogP contribution is -2.29. The van der Waals surface area contributed by atoms with Crippen molar-refractivity contribution in [3.63, 3.8) is 0 Å². The highest BCUT2D eigenvalue weighted by Crippen LogP contribution is 2.49. The van der Waals surface area contributed by atoms with E-state index in [1.807, 2.05) is 11.8 Å². The van der Waals surface area contributed by atoms with Crippen LogP contribution in [0.4, 0.5) is 10.8 Å². The number of nitrogens with one attached hydrogen (secondary N) is 1. The topological polar surface area (TPSA) is 40.5 Å². The lowest BCUT2D eigenvalue weighted by molar-refractivity contribution is 0.363. The number of aliphatic imine (C=N–C) groups is 1. The van der Waals surface area contributed by atoms with E-state index in [9.17, 15) is 0 Å². The number of amidine groups is 1. The molecule has 2 aliphatic rings. The van der Waals surface area contributed by atoms with Gasteiger partial charge >= 0.3 is 0 Å². The number of hydrogen-bond donors (Lipinski definition) is 1. The number of thioether (sulfide) groups is 1. The van der Waals surface area contributed by atoms with Crippen molar-refractivity contribution < 1.29 is 0 Å². The molecule has 2 heterocycles. The van der Waals surface area contributed by atoms with Crippen molar-refractivity contribution in [2.24, 2.45) is 4.99 Å². The SMILES string of the molecule is C=C(C)CN1/C(=N/c2ccc(CCNc3nc4c(C)cccc4s3)cc2)SC2Cc3ccccc3[C@@H]21. The Morgan fingerprint density at radius 3 is 2.75 bits per heavy atom. The van der Waals surface area contributed by atoms with E-state index in [1.54, 1.807) is 11.3 Å².